The molecule has 0 aromatic carbocycles. The summed E-state index contributed by atoms with van der Waals surface area (Å²) in [6.45, 7) is 10.4. The number of carbonyl (C=O) groups is 2. The molecule has 1 amide bonds. The first-order valence-corrected chi connectivity index (χ1v) is 29.5. The number of nitrogens with zero attached hydrogens (tertiary/aromatic N) is 2. The number of anilines is 1. The van der Waals surface area contributed by atoms with Gasteiger partial charge in [0, 0.05) is 60.5 Å². The molecule has 11 aliphatic rings. The van der Waals surface area contributed by atoms with Crippen molar-refractivity contribution in [3.8, 4) is 11.8 Å². The number of fused-ring (bicyclic) bond motifs is 9. The summed E-state index contributed by atoms with van der Waals surface area (Å²) in [6.07, 6.45) is 3.70. The highest BCUT2D eigenvalue weighted by atomic mass is 16.7. The van der Waals surface area contributed by atoms with Crippen LogP contribution in [-0.2, 0) is 30.9 Å². The van der Waals surface area contributed by atoms with Crippen molar-refractivity contribution >= 4 is 17.7 Å². The predicted molar refractivity (Wildman–Crippen MR) is 286 cm³/mol. The van der Waals surface area contributed by atoms with E-state index in [1.165, 1.54) is 6.33 Å². The van der Waals surface area contributed by atoms with Gasteiger partial charge in [0.15, 0.2) is 6.29 Å². The number of H-pyrrole nitrogens is 2. The maximum Gasteiger partial charge on any atom is 0.310 e. The maximum atomic E-state index is 15.8. The van der Waals surface area contributed by atoms with Crippen LogP contribution in [0.4, 0.5) is 5.82 Å². The van der Waals surface area contributed by atoms with Crippen molar-refractivity contribution in [2.45, 2.75) is 159 Å². The van der Waals surface area contributed by atoms with Crippen molar-refractivity contribution in [3.05, 3.63) is 54.0 Å². The Morgan fingerprint density at radius 2 is 1.74 bits per heavy atom. The smallest absolute Gasteiger partial charge is 0.310 e. The summed E-state index contributed by atoms with van der Waals surface area (Å²) in [7, 11) is 0. The zero-order chi connectivity index (χ0) is 56.6. The number of allylic oxidation sites excluding steroid dienone is 3. The van der Waals surface area contributed by atoms with Crippen LogP contribution >= 0.6 is 0 Å². The van der Waals surface area contributed by atoms with Crippen LogP contribution in [0.3, 0.4) is 0 Å². The van der Waals surface area contributed by atoms with Crippen molar-refractivity contribution in [2.24, 2.45) is 103 Å². The molecular formula is C60H83N7O13. The van der Waals surface area contributed by atoms with Gasteiger partial charge in [-0.3, -0.25) is 9.59 Å². The number of ether oxygens (including phenoxy) is 2. The number of nitrogens with two attached hydrogens (primary N) is 1. The third kappa shape index (κ3) is 6.79. The number of aliphatic hydroxyl groups is 8. The number of rotatable bonds is 9. The molecule has 5 heterocycles. The first kappa shape index (κ1) is 55.0. The van der Waals surface area contributed by atoms with E-state index in [9.17, 15) is 50.8 Å². The molecule has 20 nitrogen and oxygen atoms in total. The zero-order valence-electron chi connectivity index (χ0n) is 46.5. The van der Waals surface area contributed by atoms with E-state index in [0.29, 0.717) is 75.8 Å². The Morgan fingerprint density at radius 1 is 0.950 bits per heavy atom. The van der Waals surface area contributed by atoms with Crippen molar-refractivity contribution in [1.82, 2.24) is 25.3 Å². The monoisotopic (exact) mass is 1110 g/mol. The number of hydrogen-bond donors (Lipinski definition) is 14. The second-order valence-corrected chi connectivity index (χ2v) is 28.2. The minimum absolute atomic E-state index is 0.105. The van der Waals surface area contributed by atoms with E-state index in [1.807, 2.05) is 13.0 Å². The Labute approximate surface area is 466 Å². The average molecular weight is 1110 g/mol. The fourth-order valence-corrected chi connectivity index (χ4v) is 21.7. The number of aromatic amines is 2. The number of aliphatic carboxylic acids is 1. The van der Waals surface area contributed by atoms with E-state index >= 15 is 4.79 Å². The molecule has 1 spiro atoms. The SMILES string of the molecule is C[C@]1(CO)CC[C@@]2(C(=O)O)[C@@H](C1)C1=C[C@@H]3C#C[C@@H]4CCC[C@@]45C(=O)N[C@@H]4[C@H]5[C@H](C=C[C@@]4(c4cnc[nH]4)[C@H](O)C[C@@H](N)O)[C@H]4[C@@H](O)[C@@H](O[C@@H]5OC[C@@H](O)[C@H](O)[C@H]5O)[C@@](C)(CO)[C@H]5CC[C@](C)([C@H]3[C@@]45C)[C@]1(C)[C@@H]1Cc3[nH]cnc3NC[C@@H]12. The quantitative estimate of drug-likeness (QED) is 0.0735. The van der Waals surface area contributed by atoms with Gasteiger partial charge < -0.3 is 81.8 Å². The van der Waals surface area contributed by atoms with Gasteiger partial charge >= 0.3 is 5.97 Å². The first-order valence-electron chi connectivity index (χ1n) is 29.5. The minimum atomic E-state index is -1.72. The molecule has 436 valence electrons. The molecule has 27 atom stereocenters. The summed E-state index contributed by atoms with van der Waals surface area (Å²) >= 11 is 0. The molecule has 15 N–H and O–H groups in total. The lowest BCUT2D eigenvalue weighted by Gasteiger charge is -2.76. The predicted octanol–water partition coefficient (Wildman–Crippen LogP) is 1.70. The van der Waals surface area contributed by atoms with Gasteiger partial charge in [0.2, 0.25) is 5.91 Å². The van der Waals surface area contributed by atoms with Gasteiger partial charge in [0.25, 0.3) is 0 Å². The maximum absolute atomic E-state index is 15.8. The summed E-state index contributed by atoms with van der Waals surface area (Å²) in [6, 6.07) is -0.862. The van der Waals surface area contributed by atoms with Crippen molar-refractivity contribution < 1.29 is 65.0 Å². The lowest BCUT2D eigenvalue weighted by Crippen LogP contribution is -2.76. The molecule has 8 aliphatic carbocycles. The highest BCUT2D eigenvalue weighted by molar-refractivity contribution is 5.88. The number of carboxylic acid groups (broad SMARTS) is 1. The van der Waals surface area contributed by atoms with Gasteiger partial charge in [-0.15, -0.1) is 0 Å². The van der Waals surface area contributed by atoms with Crippen molar-refractivity contribution in [3.63, 3.8) is 0 Å². The second-order valence-electron chi connectivity index (χ2n) is 28.2. The van der Waals surface area contributed by atoms with Crippen LogP contribution in [0, 0.1) is 109 Å². The largest absolute Gasteiger partial charge is 0.481 e. The summed E-state index contributed by atoms with van der Waals surface area (Å²) in [5.41, 5.74) is 0.363. The summed E-state index contributed by atoms with van der Waals surface area (Å²) in [5, 5.41) is 113. The number of hydrogen-bond acceptors (Lipinski definition) is 16. The number of carbonyl (C=O) groups excluding carboxylic acids is 1. The number of amides is 1. The molecule has 0 unspecified atom stereocenters. The number of carboxylic acids is 1. The Hall–Kier alpha value is -4.24. The first-order chi connectivity index (χ1) is 38.0. The highest BCUT2D eigenvalue weighted by Crippen LogP contribution is 2.81. The van der Waals surface area contributed by atoms with Crippen molar-refractivity contribution in [2.75, 3.05) is 31.7 Å². The Bertz CT molecular complexity index is 2930. The van der Waals surface area contributed by atoms with Crippen LogP contribution in [0.25, 0.3) is 0 Å². The number of aliphatic hydroxyl groups excluding tert-OH is 8. The molecule has 0 bridgehead atoms. The minimum Gasteiger partial charge on any atom is -0.481 e. The normalized spacial score (nSPS) is 52.0. The number of nitrogens with one attached hydrogen (secondary N) is 4. The zero-order valence-corrected chi connectivity index (χ0v) is 46.5. The van der Waals surface area contributed by atoms with Crippen LogP contribution in [0.2, 0.25) is 0 Å². The van der Waals surface area contributed by atoms with Gasteiger partial charge in [0.1, 0.15) is 30.4 Å². The molecule has 5 saturated carbocycles. The molecule has 20 heteroatoms. The highest BCUT2D eigenvalue weighted by Gasteiger charge is 2.80. The van der Waals surface area contributed by atoms with Gasteiger partial charge in [-0.2, -0.15) is 0 Å². The molecule has 13 rings (SSSR count). The Morgan fingerprint density at radius 3 is 2.45 bits per heavy atom. The topological polar surface area (TPSA) is 342 Å². The molecule has 0 radical (unpaired) electrons. The van der Waals surface area contributed by atoms with E-state index in [4.69, 9.17) is 20.2 Å². The lowest BCUT2D eigenvalue weighted by atomic mass is 9.27. The molecule has 7 fully saturated rings. The van der Waals surface area contributed by atoms with Gasteiger partial charge in [0.05, 0.1) is 72.2 Å². The molecule has 2 saturated heterocycles. The summed E-state index contributed by atoms with van der Waals surface area (Å²) < 4.78 is 12.9. The second kappa shape index (κ2) is 18.4. The molecule has 2 aromatic rings. The molecule has 3 aliphatic heterocycles. The van der Waals surface area contributed by atoms with Gasteiger partial charge in [-0.25, -0.2) is 9.97 Å². The van der Waals surface area contributed by atoms with Crippen LogP contribution in [-0.4, -0.2) is 159 Å². The van der Waals surface area contributed by atoms with Crippen LogP contribution in [0.15, 0.2) is 42.7 Å². The van der Waals surface area contributed by atoms with Gasteiger partial charge in [-0.1, -0.05) is 76.7 Å². The fraction of sp³-hybridized carbons (Fsp3) is 0.767. The molecule has 80 heavy (non-hydrogen) atoms. The van der Waals surface area contributed by atoms with Crippen LogP contribution in [0.5, 0.6) is 0 Å². The average Bonchev–Trinajstić information content (AvgIpc) is 4.36. The van der Waals surface area contributed by atoms with Crippen LogP contribution < -0.4 is 16.4 Å². The third-order valence-corrected chi connectivity index (χ3v) is 25.3. The molecular weight excluding hydrogens is 1030 g/mol. The Kier molecular flexibility index (Phi) is 12.6. The standard InChI is InChI=1S/C60H83N7O13/c1-53(24-68)15-16-59(52(77)78)33(20-53)31-17-28-8-9-29-7-6-12-58(29)42-30(10-14-60(38-22-62-26-65-38,39(71)19-40(61)72)47(42)67-51(58)76)41-44(74)48(80-50-45(75)43(73)36(70)23-79-50)54(2,25-69)37-11-13-55(3,46(28)56(37,41)4)57(31,5)32-18-35-49(66-27-64-35)63-21-34(32)59/h10,14,17,22,26-30,32-34,36-37,39-48,50,63,68-75H,6-7,11-13,15-16,18-21,23-25,61H2,1-5H3,(H,62,65)(H,64,66)(H,67,76)(H,77,78)/t28-,29-,30+,32+,33-,34-,36+,37+,39+,40-,41-,42+,43-,44+,45+,46-,47+,48+,50-,53-,54-,55+,56+,57-,58+,59+,60+/m0/s1. The van der Waals surface area contributed by atoms with Crippen LogP contribution in [0.1, 0.15) is 104 Å². The molecule has 2 aromatic heterocycles. The van der Waals surface area contributed by atoms with E-state index in [1.54, 1.807) is 12.5 Å². The lowest BCUT2D eigenvalue weighted by molar-refractivity contribution is -0.346. The van der Waals surface area contributed by atoms with E-state index < -0.39 is 164 Å². The van der Waals surface area contributed by atoms with E-state index in [2.05, 4.69) is 77.3 Å². The number of imidazole rings is 2. The van der Waals surface area contributed by atoms with Gasteiger partial charge in [-0.05, 0) is 109 Å². The summed E-state index contributed by atoms with van der Waals surface area (Å²) in [4.78, 5) is 46.3. The third-order valence-electron chi connectivity index (χ3n) is 25.3. The van der Waals surface area contributed by atoms with E-state index in [0.717, 1.165) is 11.3 Å². The Balaban J connectivity index is 1.10. The van der Waals surface area contributed by atoms with E-state index in [-0.39, 0.29) is 31.5 Å². The number of aromatic nitrogens is 4. The summed E-state index contributed by atoms with van der Waals surface area (Å²) in [5.74, 6) is 2.13. The fourth-order valence-electron chi connectivity index (χ4n) is 21.7. The van der Waals surface area contributed by atoms with Crippen molar-refractivity contribution in [1.29, 1.82) is 0 Å².